The van der Waals surface area contributed by atoms with E-state index in [1.807, 2.05) is 19.3 Å². The number of pyridine rings is 1. The largest absolute Gasteiger partial charge is 0.378 e. The first kappa shape index (κ1) is 21.2. The van der Waals surface area contributed by atoms with E-state index >= 15 is 0 Å². The van der Waals surface area contributed by atoms with Crippen LogP contribution in [0, 0.1) is 5.92 Å². The Hall–Kier alpha value is -1.09. The maximum Gasteiger partial charge on any atom is 0.191 e. The first-order valence-electron chi connectivity index (χ1n) is 9.50. The Labute approximate surface area is 174 Å². The lowest BCUT2D eigenvalue weighted by Crippen LogP contribution is -2.44. The lowest BCUT2D eigenvalue weighted by molar-refractivity contribution is 0.122. The lowest BCUT2D eigenvalue weighted by Gasteiger charge is -2.30. The van der Waals surface area contributed by atoms with Crippen molar-refractivity contribution < 1.29 is 4.74 Å². The molecule has 2 aliphatic rings. The number of hydrogen-bond donors (Lipinski definition) is 2. The lowest BCUT2D eigenvalue weighted by atomic mass is 9.87. The molecule has 0 atom stereocenters. The molecule has 7 heteroatoms. The van der Waals surface area contributed by atoms with Gasteiger partial charge in [-0.25, -0.2) is 4.98 Å². The molecule has 2 fully saturated rings. The van der Waals surface area contributed by atoms with Crippen molar-refractivity contribution in [3.05, 3.63) is 23.9 Å². The first-order chi connectivity index (χ1) is 12.3. The molecule has 1 aromatic rings. The van der Waals surface area contributed by atoms with E-state index in [9.17, 15) is 0 Å². The number of nitrogens with one attached hydrogen (secondary N) is 2. The second-order valence-electron chi connectivity index (χ2n) is 7.11. The van der Waals surface area contributed by atoms with Crippen LogP contribution in [0.1, 0.15) is 38.2 Å². The number of hydrogen-bond acceptors (Lipinski definition) is 4. The number of halogens is 1. The summed E-state index contributed by atoms with van der Waals surface area (Å²) < 4.78 is 5.45. The highest BCUT2D eigenvalue weighted by Crippen LogP contribution is 2.23. The van der Waals surface area contributed by atoms with Gasteiger partial charge in [0.25, 0.3) is 0 Å². The van der Waals surface area contributed by atoms with Crippen molar-refractivity contribution in [2.75, 3.05) is 38.3 Å². The minimum absolute atomic E-state index is 0. The molecule has 3 rings (SSSR count). The molecule has 0 aromatic carbocycles. The van der Waals surface area contributed by atoms with Crippen LogP contribution in [-0.4, -0.2) is 50.3 Å². The molecule has 0 unspecified atom stereocenters. The van der Waals surface area contributed by atoms with Gasteiger partial charge in [-0.05, 0) is 37.7 Å². The van der Waals surface area contributed by atoms with Crippen LogP contribution in [0.3, 0.4) is 0 Å². The SMILES string of the molecule is CN=C(NCc1cccnc1N1CCOCC1)NC1CCC(C)CC1.I. The molecule has 1 aliphatic heterocycles. The van der Waals surface area contributed by atoms with Crippen LogP contribution >= 0.6 is 24.0 Å². The minimum atomic E-state index is 0. The molecule has 0 amide bonds. The van der Waals surface area contributed by atoms with Gasteiger partial charge in [0.1, 0.15) is 5.82 Å². The molecule has 1 saturated heterocycles. The molecule has 0 spiro atoms. The third kappa shape index (κ3) is 5.97. The van der Waals surface area contributed by atoms with Crippen molar-refractivity contribution in [2.45, 2.75) is 45.2 Å². The molecule has 6 nitrogen and oxygen atoms in total. The highest BCUT2D eigenvalue weighted by Gasteiger charge is 2.19. The quantitative estimate of drug-likeness (QED) is 0.400. The minimum Gasteiger partial charge on any atom is -0.378 e. The smallest absolute Gasteiger partial charge is 0.191 e. The van der Waals surface area contributed by atoms with Crippen molar-refractivity contribution in [3.8, 4) is 0 Å². The highest BCUT2D eigenvalue weighted by molar-refractivity contribution is 14.0. The third-order valence-corrected chi connectivity index (χ3v) is 5.20. The average molecular weight is 473 g/mol. The number of rotatable bonds is 4. The van der Waals surface area contributed by atoms with E-state index in [-0.39, 0.29) is 24.0 Å². The number of anilines is 1. The Kier molecular flexibility index (Phi) is 8.90. The summed E-state index contributed by atoms with van der Waals surface area (Å²) in [5.41, 5.74) is 1.20. The molecular weight excluding hydrogens is 441 g/mol. The van der Waals surface area contributed by atoms with Gasteiger partial charge in [0.05, 0.1) is 13.2 Å². The van der Waals surface area contributed by atoms with E-state index < -0.39 is 0 Å². The number of ether oxygens (including phenoxy) is 1. The Balaban J connectivity index is 0.00000243. The van der Waals surface area contributed by atoms with Crippen LogP contribution < -0.4 is 15.5 Å². The average Bonchev–Trinajstić information content (AvgIpc) is 2.67. The van der Waals surface area contributed by atoms with Crippen molar-refractivity contribution in [1.29, 1.82) is 0 Å². The van der Waals surface area contributed by atoms with E-state index in [0.717, 1.165) is 50.5 Å². The van der Waals surface area contributed by atoms with E-state index in [0.29, 0.717) is 6.04 Å². The monoisotopic (exact) mass is 473 g/mol. The Bertz CT molecular complexity index is 569. The summed E-state index contributed by atoms with van der Waals surface area (Å²) in [6.45, 7) is 6.41. The van der Waals surface area contributed by atoms with E-state index in [2.05, 4.69) is 38.5 Å². The molecule has 1 aliphatic carbocycles. The molecule has 146 valence electrons. The van der Waals surface area contributed by atoms with Crippen molar-refractivity contribution in [1.82, 2.24) is 15.6 Å². The maximum atomic E-state index is 5.45. The van der Waals surface area contributed by atoms with Gasteiger partial charge in [-0.15, -0.1) is 24.0 Å². The fourth-order valence-electron chi connectivity index (χ4n) is 3.60. The van der Waals surface area contributed by atoms with Crippen molar-refractivity contribution >= 4 is 35.8 Å². The fourth-order valence-corrected chi connectivity index (χ4v) is 3.60. The van der Waals surface area contributed by atoms with Gasteiger partial charge in [-0.2, -0.15) is 0 Å². The third-order valence-electron chi connectivity index (χ3n) is 5.20. The molecule has 1 aromatic heterocycles. The number of aliphatic imine (C=N–C) groups is 1. The summed E-state index contributed by atoms with van der Waals surface area (Å²) in [6.07, 6.45) is 6.93. The van der Waals surface area contributed by atoms with Gasteiger partial charge in [0.15, 0.2) is 5.96 Å². The predicted octanol–water partition coefficient (Wildman–Crippen LogP) is 2.78. The Morgan fingerprint density at radius 1 is 1.27 bits per heavy atom. The number of nitrogens with zero attached hydrogens (tertiary/aromatic N) is 3. The molecule has 26 heavy (non-hydrogen) atoms. The molecule has 2 heterocycles. The number of morpholine rings is 1. The molecule has 0 bridgehead atoms. The van der Waals surface area contributed by atoms with Crippen LogP contribution in [-0.2, 0) is 11.3 Å². The summed E-state index contributed by atoms with van der Waals surface area (Å²) in [7, 11) is 1.84. The van der Waals surface area contributed by atoms with E-state index in [1.165, 1.54) is 31.2 Å². The second-order valence-corrected chi connectivity index (χ2v) is 7.11. The van der Waals surface area contributed by atoms with Gasteiger partial charge in [-0.1, -0.05) is 13.0 Å². The van der Waals surface area contributed by atoms with Gasteiger partial charge in [0.2, 0.25) is 0 Å². The van der Waals surface area contributed by atoms with Gasteiger partial charge in [-0.3, -0.25) is 4.99 Å². The maximum absolute atomic E-state index is 5.45. The Morgan fingerprint density at radius 2 is 2.00 bits per heavy atom. The first-order valence-corrected chi connectivity index (χ1v) is 9.50. The van der Waals surface area contributed by atoms with Crippen LogP contribution in [0.4, 0.5) is 5.82 Å². The summed E-state index contributed by atoms with van der Waals surface area (Å²) in [5.74, 6) is 2.80. The summed E-state index contributed by atoms with van der Waals surface area (Å²) >= 11 is 0. The van der Waals surface area contributed by atoms with Gasteiger partial charge < -0.3 is 20.3 Å². The number of guanidine groups is 1. The summed E-state index contributed by atoms with van der Waals surface area (Å²) in [5, 5.41) is 7.04. The van der Waals surface area contributed by atoms with Gasteiger partial charge in [0, 0.05) is 44.5 Å². The zero-order chi connectivity index (χ0) is 17.5. The predicted molar refractivity (Wildman–Crippen MR) is 117 cm³/mol. The highest BCUT2D eigenvalue weighted by atomic mass is 127. The molecule has 0 radical (unpaired) electrons. The standard InChI is InChI=1S/C19H31N5O.HI/c1-15-5-7-17(8-6-15)23-19(20-2)22-14-16-4-3-9-21-18(16)24-10-12-25-13-11-24;/h3-4,9,15,17H,5-8,10-14H2,1-2H3,(H2,20,22,23);1H. The van der Waals surface area contributed by atoms with Crippen molar-refractivity contribution in [3.63, 3.8) is 0 Å². The van der Waals surface area contributed by atoms with Crippen LogP contribution in [0.2, 0.25) is 0 Å². The summed E-state index contributed by atoms with van der Waals surface area (Å²) in [6, 6.07) is 4.68. The Morgan fingerprint density at radius 3 is 2.69 bits per heavy atom. The zero-order valence-corrected chi connectivity index (χ0v) is 18.2. The van der Waals surface area contributed by atoms with Crippen molar-refractivity contribution in [2.24, 2.45) is 10.9 Å². The van der Waals surface area contributed by atoms with Gasteiger partial charge >= 0.3 is 0 Å². The van der Waals surface area contributed by atoms with Crippen LogP contribution in [0.15, 0.2) is 23.3 Å². The second kappa shape index (κ2) is 10.9. The van der Waals surface area contributed by atoms with Crippen LogP contribution in [0.5, 0.6) is 0 Å². The topological polar surface area (TPSA) is 61.8 Å². The molecule has 1 saturated carbocycles. The molecule has 2 N–H and O–H groups in total. The van der Waals surface area contributed by atoms with E-state index in [4.69, 9.17) is 4.74 Å². The molecular formula is C19H32IN5O. The normalized spacial score (nSPS) is 23.9. The summed E-state index contributed by atoms with van der Waals surface area (Å²) in [4.78, 5) is 11.3. The van der Waals surface area contributed by atoms with E-state index in [1.54, 1.807) is 0 Å². The zero-order valence-electron chi connectivity index (χ0n) is 15.9. The number of aromatic nitrogens is 1. The fraction of sp³-hybridized carbons (Fsp3) is 0.684. The van der Waals surface area contributed by atoms with Crippen LogP contribution in [0.25, 0.3) is 0 Å².